The van der Waals surface area contributed by atoms with Crippen molar-refractivity contribution in [1.82, 2.24) is 10.2 Å². The molecule has 0 bridgehead atoms. The average Bonchev–Trinajstić information content (AvgIpc) is 2.39. The van der Waals surface area contributed by atoms with E-state index in [1.807, 2.05) is 0 Å². The number of hydrazone groups is 1. The number of anilines is 1. The molecule has 5 nitrogen and oxygen atoms in total. The first-order valence-electron chi connectivity index (χ1n) is 5.05. The summed E-state index contributed by atoms with van der Waals surface area (Å²) in [4.78, 5) is 11.2. The van der Waals surface area contributed by atoms with Gasteiger partial charge in [-0.1, -0.05) is 40.9 Å². The number of nitrogens with one attached hydrogen (secondary N) is 2. The molecule has 2 aromatic rings. The Bertz CT molecular complexity index is 684. The van der Waals surface area contributed by atoms with Crippen molar-refractivity contribution in [1.29, 1.82) is 0 Å². The van der Waals surface area contributed by atoms with Gasteiger partial charge < -0.3 is 0 Å². The Hall–Kier alpha value is -1.56. The van der Waals surface area contributed by atoms with Gasteiger partial charge in [-0.3, -0.25) is 10.2 Å². The number of H-pyrrole nitrogens is 1. The predicted molar refractivity (Wildman–Crippen MR) is 77.5 cm³/mol. The van der Waals surface area contributed by atoms with Crippen molar-refractivity contribution >= 4 is 46.7 Å². The molecule has 0 spiro atoms. The molecule has 98 valence electrons. The van der Waals surface area contributed by atoms with Crippen molar-refractivity contribution in [3.8, 4) is 0 Å². The highest BCUT2D eigenvalue weighted by atomic mass is 35.5. The van der Waals surface area contributed by atoms with Crippen molar-refractivity contribution < 1.29 is 0 Å². The molecule has 2 N–H and O–H groups in total. The van der Waals surface area contributed by atoms with Gasteiger partial charge in [0.05, 0.1) is 22.5 Å². The lowest BCUT2D eigenvalue weighted by molar-refractivity contribution is 0.987. The minimum atomic E-state index is -0.489. The first-order chi connectivity index (χ1) is 9.08. The SMILES string of the molecule is O=c1[nH]ncc(N/N=C/c2ccc(Cl)c(Cl)c2)c1Cl. The van der Waals surface area contributed by atoms with Crippen LogP contribution in [0.4, 0.5) is 5.69 Å². The molecule has 0 radical (unpaired) electrons. The summed E-state index contributed by atoms with van der Waals surface area (Å²) >= 11 is 17.4. The molecule has 0 aliphatic carbocycles. The average molecular weight is 318 g/mol. The Morgan fingerprint density at radius 3 is 2.79 bits per heavy atom. The van der Waals surface area contributed by atoms with Crippen molar-refractivity contribution in [2.24, 2.45) is 5.10 Å². The lowest BCUT2D eigenvalue weighted by atomic mass is 10.2. The fraction of sp³-hybridized carbons (Fsp3) is 0. The zero-order valence-electron chi connectivity index (χ0n) is 9.32. The van der Waals surface area contributed by atoms with E-state index >= 15 is 0 Å². The van der Waals surface area contributed by atoms with Crippen LogP contribution in [-0.4, -0.2) is 16.4 Å². The van der Waals surface area contributed by atoms with Crippen LogP contribution in [0, 0.1) is 0 Å². The molecule has 0 atom stereocenters. The minimum Gasteiger partial charge on any atom is -0.275 e. The number of hydrogen-bond acceptors (Lipinski definition) is 4. The van der Waals surface area contributed by atoms with Gasteiger partial charge in [0, 0.05) is 0 Å². The normalized spacial score (nSPS) is 10.9. The summed E-state index contributed by atoms with van der Waals surface area (Å²) in [5.74, 6) is 0. The molecule has 1 heterocycles. The number of halogens is 3. The monoisotopic (exact) mass is 316 g/mol. The highest BCUT2D eigenvalue weighted by Crippen LogP contribution is 2.22. The van der Waals surface area contributed by atoms with Gasteiger partial charge in [-0.25, -0.2) is 5.10 Å². The van der Waals surface area contributed by atoms with Gasteiger partial charge in [-0.05, 0) is 17.7 Å². The van der Waals surface area contributed by atoms with Crippen molar-refractivity contribution in [3.63, 3.8) is 0 Å². The zero-order chi connectivity index (χ0) is 13.8. The maximum absolute atomic E-state index is 11.2. The van der Waals surface area contributed by atoms with E-state index in [0.717, 1.165) is 5.56 Å². The molecule has 2 rings (SSSR count). The van der Waals surface area contributed by atoms with Gasteiger partial charge in [0.1, 0.15) is 10.7 Å². The Balaban J connectivity index is 2.13. The summed E-state index contributed by atoms with van der Waals surface area (Å²) in [6.07, 6.45) is 2.87. The smallest absolute Gasteiger partial charge is 0.275 e. The van der Waals surface area contributed by atoms with Crippen LogP contribution in [-0.2, 0) is 0 Å². The summed E-state index contributed by atoms with van der Waals surface area (Å²) in [5, 5.41) is 10.6. The Morgan fingerprint density at radius 2 is 2.05 bits per heavy atom. The van der Waals surface area contributed by atoms with Gasteiger partial charge in [0.25, 0.3) is 5.56 Å². The molecular formula is C11H7Cl3N4O. The number of benzene rings is 1. The van der Waals surface area contributed by atoms with E-state index in [4.69, 9.17) is 34.8 Å². The predicted octanol–water partition coefficient (Wildman–Crippen LogP) is 3.18. The number of hydrogen-bond donors (Lipinski definition) is 2. The lowest BCUT2D eigenvalue weighted by Gasteiger charge is -2.01. The van der Waals surface area contributed by atoms with Crippen molar-refractivity contribution in [3.05, 3.63) is 55.4 Å². The van der Waals surface area contributed by atoms with E-state index in [-0.39, 0.29) is 5.02 Å². The standard InChI is InChI=1S/C11H7Cl3N4O/c12-7-2-1-6(3-8(7)13)4-15-17-9-5-16-18-11(19)10(9)14/h1-5H,(H2,17,18,19)/b15-4+. The summed E-state index contributed by atoms with van der Waals surface area (Å²) in [7, 11) is 0. The van der Waals surface area contributed by atoms with Gasteiger partial charge in [0.2, 0.25) is 0 Å². The number of aromatic amines is 1. The molecule has 0 saturated heterocycles. The molecule has 19 heavy (non-hydrogen) atoms. The van der Waals surface area contributed by atoms with E-state index in [0.29, 0.717) is 15.7 Å². The first kappa shape index (κ1) is 13.9. The molecule has 1 aromatic heterocycles. The van der Waals surface area contributed by atoms with Crippen LogP contribution in [0.2, 0.25) is 15.1 Å². The molecular weight excluding hydrogens is 311 g/mol. The third-order valence-corrected chi connectivity index (χ3v) is 3.25. The fourth-order valence-electron chi connectivity index (χ4n) is 1.23. The van der Waals surface area contributed by atoms with E-state index in [2.05, 4.69) is 20.7 Å². The van der Waals surface area contributed by atoms with E-state index in [1.165, 1.54) is 12.4 Å². The maximum Gasteiger partial charge on any atom is 0.285 e. The molecule has 0 amide bonds. The van der Waals surface area contributed by atoms with Crippen molar-refractivity contribution in [2.75, 3.05) is 5.43 Å². The second-order valence-corrected chi connectivity index (χ2v) is 4.66. The van der Waals surface area contributed by atoms with Crippen molar-refractivity contribution in [2.45, 2.75) is 0 Å². The van der Waals surface area contributed by atoms with E-state index in [1.54, 1.807) is 18.2 Å². The summed E-state index contributed by atoms with van der Waals surface area (Å²) in [5.41, 5.74) is 3.18. The van der Waals surface area contributed by atoms with Gasteiger partial charge >= 0.3 is 0 Å². The molecule has 0 saturated carbocycles. The highest BCUT2D eigenvalue weighted by molar-refractivity contribution is 6.42. The van der Waals surface area contributed by atoms with Crippen LogP contribution in [0.15, 0.2) is 34.3 Å². The summed E-state index contributed by atoms with van der Waals surface area (Å²) in [6.45, 7) is 0. The molecule has 1 aromatic carbocycles. The Labute approximate surface area is 123 Å². The quantitative estimate of drug-likeness (QED) is 0.675. The maximum atomic E-state index is 11.2. The van der Waals surface area contributed by atoms with E-state index in [9.17, 15) is 4.79 Å². The van der Waals surface area contributed by atoms with Crippen LogP contribution < -0.4 is 11.0 Å². The van der Waals surface area contributed by atoms with Gasteiger partial charge in [-0.15, -0.1) is 0 Å². The highest BCUT2D eigenvalue weighted by Gasteiger charge is 2.03. The molecule has 0 fully saturated rings. The zero-order valence-corrected chi connectivity index (χ0v) is 11.6. The number of rotatable bonds is 3. The van der Waals surface area contributed by atoms with Crippen LogP contribution in [0.3, 0.4) is 0 Å². The van der Waals surface area contributed by atoms with Crippen LogP contribution in [0.25, 0.3) is 0 Å². The number of nitrogens with zero attached hydrogens (tertiary/aromatic N) is 2. The first-order valence-corrected chi connectivity index (χ1v) is 6.18. The van der Waals surface area contributed by atoms with Gasteiger partial charge in [-0.2, -0.15) is 10.2 Å². The lowest BCUT2D eigenvalue weighted by Crippen LogP contribution is -2.10. The fourth-order valence-corrected chi connectivity index (χ4v) is 1.67. The Kier molecular flexibility index (Phi) is 4.42. The molecule has 0 aliphatic heterocycles. The second kappa shape index (κ2) is 6.06. The van der Waals surface area contributed by atoms with Crippen LogP contribution in [0.5, 0.6) is 0 Å². The Morgan fingerprint density at radius 1 is 1.26 bits per heavy atom. The summed E-state index contributed by atoms with van der Waals surface area (Å²) in [6, 6.07) is 5.07. The second-order valence-electron chi connectivity index (χ2n) is 3.47. The third-order valence-electron chi connectivity index (χ3n) is 2.14. The topological polar surface area (TPSA) is 70.1 Å². The van der Waals surface area contributed by atoms with Crippen LogP contribution >= 0.6 is 34.8 Å². The third kappa shape index (κ3) is 3.47. The largest absolute Gasteiger partial charge is 0.285 e. The van der Waals surface area contributed by atoms with Crippen LogP contribution in [0.1, 0.15) is 5.56 Å². The summed E-state index contributed by atoms with van der Waals surface area (Å²) < 4.78 is 0. The molecule has 0 aliphatic rings. The molecule has 8 heteroatoms. The van der Waals surface area contributed by atoms with Gasteiger partial charge in [0.15, 0.2) is 0 Å². The number of aromatic nitrogens is 2. The molecule has 0 unspecified atom stereocenters. The van der Waals surface area contributed by atoms with E-state index < -0.39 is 5.56 Å². The minimum absolute atomic E-state index is 0.0127.